The lowest BCUT2D eigenvalue weighted by atomic mass is 9.82. The molecule has 4 heterocycles. The highest BCUT2D eigenvalue weighted by Crippen LogP contribution is 2.38. The van der Waals surface area contributed by atoms with Gasteiger partial charge in [0.2, 0.25) is 0 Å². The first-order valence-electron chi connectivity index (χ1n) is 23.5. The van der Waals surface area contributed by atoms with Crippen LogP contribution in [0.1, 0.15) is 105 Å². The van der Waals surface area contributed by atoms with Crippen molar-refractivity contribution in [3.8, 4) is 0 Å². The fourth-order valence-corrected chi connectivity index (χ4v) is 9.27. The maximum Gasteiger partial charge on any atom is 0.309 e. The Hall–Kier alpha value is -3.43. The second-order valence-electron chi connectivity index (χ2n) is 18.6. The zero-order chi connectivity index (χ0) is 48.7. The van der Waals surface area contributed by atoms with Crippen LogP contribution in [0.5, 0.6) is 0 Å². The summed E-state index contributed by atoms with van der Waals surface area (Å²) in [5.74, 6) is -2.79. The zero-order valence-electron chi connectivity index (χ0n) is 40.6. The Morgan fingerprint density at radius 1 is 1.02 bits per heavy atom. The van der Waals surface area contributed by atoms with Crippen LogP contribution in [-0.2, 0) is 57.1 Å². The van der Waals surface area contributed by atoms with E-state index in [0.717, 1.165) is 11.8 Å². The molecule has 0 saturated carbocycles. The van der Waals surface area contributed by atoms with Crippen LogP contribution in [-0.4, -0.2) is 181 Å². The highest BCUT2D eigenvalue weighted by molar-refractivity contribution is 5.73. The monoisotopic (exact) mass is 936 g/mol. The molecular formula is C48H77N3O15. The Morgan fingerprint density at radius 2 is 1.73 bits per heavy atom. The lowest BCUT2D eigenvalue weighted by molar-refractivity contribution is -0.344. The average molecular weight is 936 g/mol. The third-order valence-electron chi connectivity index (χ3n) is 12.9. The van der Waals surface area contributed by atoms with Gasteiger partial charge in [0.05, 0.1) is 36.9 Å². The van der Waals surface area contributed by atoms with Gasteiger partial charge in [0.1, 0.15) is 42.4 Å². The highest BCUT2D eigenvalue weighted by atomic mass is 16.7. The van der Waals surface area contributed by atoms with E-state index in [1.165, 1.54) is 7.11 Å². The number of pyridine rings is 1. The molecule has 3 aliphatic heterocycles. The van der Waals surface area contributed by atoms with Gasteiger partial charge in [-0.15, -0.1) is 0 Å². The largest absolute Gasteiger partial charge is 0.462 e. The molecule has 0 bridgehead atoms. The number of aldehydes is 1. The number of ether oxygens (including phenoxy) is 8. The van der Waals surface area contributed by atoms with Crippen molar-refractivity contribution in [1.82, 2.24) is 14.8 Å². The SMILES string of the molecule is CCC(=O)O[C@@H]1CC(=O)O[C@@H](C/C=C/c2cccnc2)CCCN(C)C[C@H](O)[C@H](C)C[C@H](CC=O)[C@H](O[C@@H]2OC(C)[C@@H](O[C@H]3CC(C)(O)[C@@H](OC(=O)CC)C(C)O3)C(N(C)C)C2O)[C@H]1OC. The number of rotatable bonds is 15. The van der Waals surface area contributed by atoms with Crippen molar-refractivity contribution >= 4 is 30.3 Å². The van der Waals surface area contributed by atoms with Crippen molar-refractivity contribution in [2.24, 2.45) is 11.8 Å². The van der Waals surface area contributed by atoms with Gasteiger partial charge >= 0.3 is 17.9 Å². The molecule has 3 fully saturated rings. The number of carbonyl (C=O) groups excluding carboxylic acids is 4. The van der Waals surface area contributed by atoms with Crippen molar-refractivity contribution in [3.63, 3.8) is 0 Å². The number of aromatic nitrogens is 1. The van der Waals surface area contributed by atoms with E-state index in [2.05, 4.69) is 4.98 Å². The molecule has 0 spiro atoms. The molecule has 0 amide bonds. The van der Waals surface area contributed by atoms with Gasteiger partial charge in [0.15, 0.2) is 18.7 Å². The number of carbonyl (C=O) groups is 4. The van der Waals surface area contributed by atoms with Gasteiger partial charge < -0.3 is 67.8 Å². The molecule has 0 aromatic carbocycles. The summed E-state index contributed by atoms with van der Waals surface area (Å²) in [6, 6.07) is 2.95. The number of cyclic esters (lactones) is 1. The first-order chi connectivity index (χ1) is 31.3. The van der Waals surface area contributed by atoms with Gasteiger partial charge in [-0.05, 0) is 91.2 Å². The van der Waals surface area contributed by atoms with Gasteiger partial charge in [0.25, 0.3) is 0 Å². The van der Waals surface area contributed by atoms with Gasteiger partial charge in [-0.25, -0.2) is 0 Å². The Kier molecular flexibility index (Phi) is 22.0. The molecule has 3 aliphatic rings. The van der Waals surface area contributed by atoms with Gasteiger partial charge in [-0.3, -0.25) is 19.4 Å². The van der Waals surface area contributed by atoms with Crippen molar-refractivity contribution in [2.75, 3.05) is 41.3 Å². The molecule has 18 heteroatoms. The predicted molar refractivity (Wildman–Crippen MR) is 241 cm³/mol. The molecule has 66 heavy (non-hydrogen) atoms. The van der Waals surface area contributed by atoms with E-state index in [4.69, 9.17) is 37.9 Å². The van der Waals surface area contributed by atoms with Gasteiger partial charge in [0, 0.05) is 58.2 Å². The molecule has 374 valence electrons. The van der Waals surface area contributed by atoms with Crippen LogP contribution < -0.4 is 0 Å². The molecule has 3 saturated heterocycles. The summed E-state index contributed by atoms with van der Waals surface area (Å²) in [5.41, 5.74) is -0.612. The molecule has 4 rings (SSSR count). The van der Waals surface area contributed by atoms with Crippen LogP contribution in [0.2, 0.25) is 0 Å². The number of nitrogens with zero attached hydrogens (tertiary/aromatic N) is 3. The number of likely N-dealkylation sites (N-methyl/N-ethyl adjacent to an activating group) is 2. The van der Waals surface area contributed by atoms with E-state index < -0.39 is 116 Å². The molecule has 1 aromatic rings. The number of methoxy groups -OCH3 is 1. The van der Waals surface area contributed by atoms with Crippen molar-refractivity contribution in [1.29, 1.82) is 0 Å². The zero-order valence-corrected chi connectivity index (χ0v) is 40.6. The Morgan fingerprint density at radius 3 is 2.35 bits per heavy atom. The molecule has 3 N–H and O–H groups in total. The standard InChI is InChI=1S/C48H77N3O15/c1-11-37(54)63-36-25-39(56)62-34(18-13-16-32-17-14-21-49-27-32)19-15-22-51(9)28-35(53)29(3)24-33(20-23-52)44(45(36)59-10)66-47-42(57)41(50(7)8)43(30(4)61-47)65-40-26-48(6,58)46(31(5)60-40)64-38(55)12-2/h13-14,16-17,21,23,27,29-31,33-36,40-47,53,57-58H,11-12,15,18-20,22,24-26,28H2,1-10H3/b16-13+/t29-,30?,31?,33+,34+,35+,36-,40+,41?,42?,43-,44+,45+,46+,47+,48?/m1/s1. The van der Waals surface area contributed by atoms with E-state index in [1.807, 2.05) is 43.2 Å². The summed E-state index contributed by atoms with van der Waals surface area (Å²) in [6.45, 7) is 11.1. The van der Waals surface area contributed by atoms with Crippen LogP contribution in [0.15, 0.2) is 30.6 Å². The minimum absolute atomic E-state index is 0.0128. The summed E-state index contributed by atoms with van der Waals surface area (Å²) in [4.78, 5) is 59.8. The van der Waals surface area contributed by atoms with E-state index in [0.29, 0.717) is 32.4 Å². The van der Waals surface area contributed by atoms with E-state index >= 15 is 0 Å². The van der Waals surface area contributed by atoms with Crippen LogP contribution in [0.3, 0.4) is 0 Å². The average Bonchev–Trinajstić information content (AvgIpc) is 3.25. The molecule has 5 unspecified atom stereocenters. The number of hydrogen-bond donors (Lipinski definition) is 3. The Bertz CT molecular complexity index is 1690. The minimum Gasteiger partial charge on any atom is -0.462 e. The second kappa shape index (κ2) is 26.4. The number of hydrogen-bond acceptors (Lipinski definition) is 18. The Labute approximate surface area is 390 Å². The first kappa shape index (κ1) is 55.2. The van der Waals surface area contributed by atoms with Crippen LogP contribution in [0, 0.1) is 11.8 Å². The molecule has 0 aliphatic carbocycles. The fraction of sp³-hybridized carbons (Fsp3) is 0.771. The van der Waals surface area contributed by atoms with Crippen LogP contribution in [0.4, 0.5) is 0 Å². The number of β-amino-alcohol motifs (C(OH)–C–C–N with tert-alkyl or cyclic N) is 1. The molecule has 16 atom stereocenters. The van der Waals surface area contributed by atoms with Gasteiger partial charge in [-0.1, -0.05) is 39.0 Å². The quantitative estimate of drug-likeness (QED) is 0.130. The van der Waals surface area contributed by atoms with Crippen molar-refractivity contribution in [3.05, 3.63) is 36.2 Å². The minimum atomic E-state index is -1.50. The van der Waals surface area contributed by atoms with E-state index in [1.54, 1.807) is 66.0 Å². The molecule has 0 radical (unpaired) electrons. The predicted octanol–water partition coefficient (Wildman–Crippen LogP) is 3.46. The fourth-order valence-electron chi connectivity index (χ4n) is 9.27. The smallest absolute Gasteiger partial charge is 0.309 e. The molecule has 18 nitrogen and oxygen atoms in total. The summed E-state index contributed by atoms with van der Waals surface area (Å²) < 4.78 is 49.6. The number of aliphatic hydroxyl groups excluding tert-OH is 2. The van der Waals surface area contributed by atoms with Crippen molar-refractivity contribution < 1.29 is 72.4 Å². The molecular weight excluding hydrogens is 859 g/mol. The number of esters is 3. The van der Waals surface area contributed by atoms with Gasteiger partial charge in [-0.2, -0.15) is 0 Å². The second-order valence-corrected chi connectivity index (χ2v) is 18.6. The lowest BCUT2D eigenvalue weighted by Gasteiger charge is -2.50. The topological polar surface area (TPSA) is 222 Å². The highest BCUT2D eigenvalue weighted by Gasteiger charge is 2.53. The molecule has 1 aromatic heterocycles. The van der Waals surface area contributed by atoms with Crippen LogP contribution >= 0.6 is 0 Å². The summed E-state index contributed by atoms with van der Waals surface area (Å²) in [7, 11) is 6.81. The summed E-state index contributed by atoms with van der Waals surface area (Å²) in [5, 5.41) is 35.2. The third-order valence-corrected chi connectivity index (χ3v) is 12.9. The number of aliphatic hydroxyl groups is 3. The van der Waals surface area contributed by atoms with E-state index in [9.17, 15) is 34.5 Å². The Balaban J connectivity index is 1.68. The lowest BCUT2D eigenvalue weighted by Crippen LogP contribution is -2.66. The summed E-state index contributed by atoms with van der Waals surface area (Å²) >= 11 is 0. The summed E-state index contributed by atoms with van der Waals surface area (Å²) in [6.07, 6.45) is -2.62. The third kappa shape index (κ3) is 15.8. The maximum absolute atomic E-state index is 14.0. The van der Waals surface area contributed by atoms with Crippen LogP contribution in [0.25, 0.3) is 6.08 Å². The maximum atomic E-state index is 14.0. The van der Waals surface area contributed by atoms with Crippen molar-refractivity contribution in [2.45, 2.75) is 185 Å². The first-order valence-corrected chi connectivity index (χ1v) is 23.5. The normalized spacial score (nSPS) is 37.0. The van der Waals surface area contributed by atoms with E-state index in [-0.39, 0.29) is 38.0 Å².